The lowest BCUT2D eigenvalue weighted by Crippen LogP contribution is -2.54. The van der Waals surface area contributed by atoms with Gasteiger partial charge in [-0.3, -0.25) is 4.79 Å². The van der Waals surface area contributed by atoms with E-state index in [1.807, 2.05) is 13.8 Å². The molecule has 1 aliphatic rings. The van der Waals surface area contributed by atoms with Crippen LogP contribution in [0, 0.1) is 5.41 Å². The molecule has 0 spiro atoms. The van der Waals surface area contributed by atoms with Gasteiger partial charge in [-0.05, 0) is 49.6 Å². The first kappa shape index (κ1) is 26.9. The van der Waals surface area contributed by atoms with Crippen molar-refractivity contribution >= 4 is 11.8 Å². The van der Waals surface area contributed by atoms with Crippen molar-refractivity contribution in [2.75, 3.05) is 27.2 Å². The SMILES string of the molecule is C=C(C)C(O)OCC[N+](C)(C)NOC(=O)/C=C(C)\C=C\C1(O)C(C)=CC(=O)CC1(C)C. The molecule has 174 valence electrons. The van der Waals surface area contributed by atoms with E-state index in [9.17, 15) is 19.8 Å². The Morgan fingerprint density at radius 2 is 2.00 bits per heavy atom. The zero-order valence-corrected chi connectivity index (χ0v) is 19.7. The number of quaternary nitrogens is 1. The van der Waals surface area contributed by atoms with Gasteiger partial charge in [-0.2, -0.15) is 0 Å². The number of allylic oxidation sites excluding steroid dienone is 3. The Labute approximate surface area is 185 Å². The second-order valence-corrected chi connectivity index (χ2v) is 9.33. The number of carbonyl (C=O) groups is 2. The molecule has 0 heterocycles. The Bertz CT molecular complexity index is 794. The standard InChI is InChI=1S/C23H37N2O6/c1-16(2)21(28)30-12-11-25(7,8)24-31-20(27)13-17(3)9-10-23(29)18(4)14-19(26)15-22(23,5)6/h9-10,13-14,21,24,28-29H,1,11-12,15H2,2-8H3/q+1/b10-9+,17-13-. The predicted octanol–water partition coefficient (Wildman–Crippen LogP) is 2.12. The molecule has 0 aromatic rings. The Morgan fingerprint density at radius 3 is 2.55 bits per heavy atom. The highest BCUT2D eigenvalue weighted by Crippen LogP contribution is 2.44. The van der Waals surface area contributed by atoms with Crippen LogP contribution in [0.25, 0.3) is 0 Å². The first-order valence-corrected chi connectivity index (χ1v) is 10.2. The minimum atomic E-state index is -1.29. The summed E-state index contributed by atoms with van der Waals surface area (Å²) in [5.74, 6) is -0.614. The number of ether oxygens (including phenoxy) is 1. The summed E-state index contributed by atoms with van der Waals surface area (Å²) in [6.45, 7) is 13.0. The molecule has 0 saturated heterocycles. The van der Waals surface area contributed by atoms with Crippen molar-refractivity contribution in [2.24, 2.45) is 5.41 Å². The van der Waals surface area contributed by atoms with Gasteiger partial charge in [-0.1, -0.05) is 26.5 Å². The number of rotatable bonds is 10. The summed E-state index contributed by atoms with van der Waals surface area (Å²) in [6.07, 6.45) is 5.23. The number of aliphatic hydroxyl groups is 2. The third-order valence-electron chi connectivity index (χ3n) is 5.30. The number of nitrogens with zero attached hydrogens (tertiary/aromatic N) is 1. The average Bonchev–Trinajstić information content (AvgIpc) is 2.62. The number of hydrogen-bond donors (Lipinski definition) is 3. The van der Waals surface area contributed by atoms with E-state index in [2.05, 4.69) is 12.2 Å². The van der Waals surface area contributed by atoms with Crippen LogP contribution in [-0.4, -0.2) is 65.7 Å². The molecule has 8 heteroatoms. The van der Waals surface area contributed by atoms with Gasteiger partial charge >= 0.3 is 5.97 Å². The molecule has 2 unspecified atom stereocenters. The third kappa shape index (κ3) is 7.83. The van der Waals surface area contributed by atoms with E-state index in [1.165, 1.54) is 12.2 Å². The molecule has 8 nitrogen and oxygen atoms in total. The molecule has 1 aliphatic carbocycles. The first-order valence-electron chi connectivity index (χ1n) is 10.2. The van der Waals surface area contributed by atoms with E-state index < -0.39 is 23.3 Å². The highest BCUT2D eigenvalue weighted by Gasteiger charge is 2.46. The largest absolute Gasteiger partial charge is 0.381 e. The second-order valence-electron chi connectivity index (χ2n) is 9.33. The number of likely N-dealkylation sites (N-methyl/N-ethyl adjacent to an activating group) is 1. The van der Waals surface area contributed by atoms with E-state index in [0.717, 1.165) is 0 Å². The third-order valence-corrected chi connectivity index (χ3v) is 5.30. The maximum Gasteiger partial charge on any atom is 0.355 e. The fraction of sp³-hybridized carbons (Fsp3) is 0.565. The van der Waals surface area contributed by atoms with Gasteiger partial charge in [0.25, 0.3) is 0 Å². The van der Waals surface area contributed by atoms with Crippen LogP contribution < -0.4 is 5.59 Å². The van der Waals surface area contributed by atoms with Crippen molar-refractivity contribution in [2.45, 2.75) is 52.9 Å². The fourth-order valence-corrected chi connectivity index (χ4v) is 3.13. The topological polar surface area (TPSA) is 105 Å². The summed E-state index contributed by atoms with van der Waals surface area (Å²) < 4.78 is 5.35. The number of carbonyl (C=O) groups excluding carboxylic acids is 2. The predicted molar refractivity (Wildman–Crippen MR) is 118 cm³/mol. The summed E-state index contributed by atoms with van der Waals surface area (Å²) in [4.78, 5) is 29.1. The van der Waals surface area contributed by atoms with E-state index >= 15 is 0 Å². The van der Waals surface area contributed by atoms with E-state index in [0.29, 0.717) is 23.3 Å². The Hall–Kier alpha value is -2.10. The molecule has 0 aromatic carbocycles. The van der Waals surface area contributed by atoms with Crippen molar-refractivity contribution in [3.8, 4) is 0 Å². The van der Waals surface area contributed by atoms with Gasteiger partial charge in [0.2, 0.25) is 0 Å². The van der Waals surface area contributed by atoms with Crippen LogP contribution in [0.5, 0.6) is 0 Å². The van der Waals surface area contributed by atoms with Gasteiger partial charge < -0.3 is 19.8 Å². The van der Waals surface area contributed by atoms with Gasteiger partial charge in [0.1, 0.15) is 18.8 Å². The summed E-state index contributed by atoms with van der Waals surface area (Å²) in [5, 5.41) is 20.7. The summed E-state index contributed by atoms with van der Waals surface area (Å²) in [5.41, 5.74) is 2.36. The van der Waals surface area contributed by atoms with Crippen LogP contribution in [0.4, 0.5) is 0 Å². The maximum absolute atomic E-state index is 12.1. The highest BCUT2D eigenvalue weighted by atomic mass is 16.7. The summed E-state index contributed by atoms with van der Waals surface area (Å²) in [6, 6.07) is 0. The number of ketones is 1. The van der Waals surface area contributed by atoms with Crippen LogP contribution in [0.2, 0.25) is 0 Å². The number of hydrogen-bond acceptors (Lipinski definition) is 7. The van der Waals surface area contributed by atoms with E-state index in [1.54, 1.807) is 47.0 Å². The maximum atomic E-state index is 12.1. The first-order chi connectivity index (χ1) is 14.1. The lowest BCUT2D eigenvalue weighted by molar-refractivity contribution is -0.958. The molecule has 1 rings (SSSR count). The Balaban J connectivity index is 2.67. The number of nitrogens with one attached hydrogen (secondary N) is 1. The van der Waals surface area contributed by atoms with E-state index in [4.69, 9.17) is 9.57 Å². The van der Waals surface area contributed by atoms with Crippen molar-refractivity contribution in [1.29, 1.82) is 0 Å². The molecule has 0 radical (unpaired) electrons. The van der Waals surface area contributed by atoms with Crippen molar-refractivity contribution in [3.05, 3.63) is 47.6 Å². The quantitative estimate of drug-likeness (QED) is 0.120. The van der Waals surface area contributed by atoms with Gasteiger partial charge in [-0.15, -0.1) is 0 Å². The van der Waals surface area contributed by atoms with Crippen LogP contribution in [0.15, 0.2) is 47.6 Å². The van der Waals surface area contributed by atoms with Crippen molar-refractivity contribution in [3.63, 3.8) is 0 Å². The zero-order valence-electron chi connectivity index (χ0n) is 19.7. The normalized spacial score (nSPS) is 22.9. The number of aliphatic hydroxyl groups excluding tert-OH is 1. The van der Waals surface area contributed by atoms with Gasteiger partial charge in [0.15, 0.2) is 12.1 Å². The van der Waals surface area contributed by atoms with E-state index in [-0.39, 0.29) is 23.4 Å². The minimum Gasteiger partial charge on any atom is -0.381 e. The molecule has 0 aromatic heterocycles. The molecule has 0 amide bonds. The Kier molecular flexibility index (Phi) is 9.10. The monoisotopic (exact) mass is 437 g/mol. The average molecular weight is 438 g/mol. The van der Waals surface area contributed by atoms with Gasteiger partial charge in [0.05, 0.1) is 14.1 Å². The lowest BCUT2D eigenvalue weighted by atomic mass is 9.64. The molecule has 0 aliphatic heterocycles. The summed E-state index contributed by atoms with van der Waals surface area (Å²) in [7, 11) is 3.55. The Morgan fingerprint density at radius 1 is 1.39 bits per heavy atom. The van der Waals surface area contributed by atoms with Crippen LogP contribution in [0.3, 0.4) is 0 Å². The fourth-order valence-electron chi connectivity index (χ4n) is 3.13. The van der Waals surface area contributed by atoms with Crippen molar-refractivity contribution in [1.82, 2.24) is 5.59 Å². The minimum absolute atomic E-state index is 0.0113. The van der Waals surface area contributed by atoms with Crippen LogP contribution >= 0.6 is 0 Å². The molecule has 0 bridgehead atoms. The highest BCUT2D eigenvalue weighted by molar-refractivity contribution is 5.92. The molecule has 31 heavy (non-hydrogen) atoms. The van der Waals surface area contributed by atoms with Gasteiger partial charge in [0, 0.05) is 23.5 Å². The van der Waals surface area contributed by atoms with Gasteiger partial charge in [-0.25, -0.2) is 9.39 Å². The molecule has 3 N–H and O–H groups in total. The van der Waals surface area contributed by atoms with Crippen molar-refractivity contribution < 1.29 is 34.0 Å². The van der Waals surface area contributed by atoms with Crippen LogP contribution in [0.1, 0.15) is 41.0 Å². The molecular weight excluding hydrogens is 400 g/mol. The molecule has 0 saturated carbocycles. The summed E-state index contributed by atoms with van der Waals surface area (Å²) >= 11 is 0. The molecule has 2 atom stereocenters. The zero-order chi connectivity index (χ0) is 24.0. The molecular formula is C23H37N2O6+. The lowest BCUT2D eigenvalue weighted by Gasteiger charge is -2.44. The smallest absolute Gasteiger partial charge is 0.355 e. The molecule has 0 fully saturated rings. The second kappa shape index (κ2) is 10.5. The van der Waals surface area contributed by atoms with Crippen LogP contribution in [-0.2, 0) is 19.2 Å².